The number of carbonyl (C=O) groups is 1. The van der Waals surface area contributed by atoms with E-state index in [1.807, 2.05) is 43.3 Å². The Morgan fingerprint density at radius 3 is 2.27 bits per heavy atom. The lowest BCUT2D eigenvalue weighted by Crippen LogP contribution is -2.08. The molecule has 0 bridgehead atoms. The van der Waals surface area contributed by atoms with Gasteiger partial charge in [0.15, 0.2) is 0 Å². The van der Waals surface area contributed by atoms with Crippen molar-refractivity contribution in [1.82, 2.24) is 0 Å². The molecule has 114 valence electrons. The third kappa shape index (κ3) is 3.81. The number of halogens is 2. The first kappa shape index (κ1) is 16.4. The molecular weight excluding hydrogens is 321 g/mol. The second-order valence-corrected chi connectivity index (χ2v) is 5.82. The van der Waals surface area contributed by atoms with Crippen molar-refractivity contribution in [3.8, 4) is 0 Å². The zero-order chi connectivity index (χ0) is 16.3. The molecule has 0 spiro atoms. The summed E-state index contributed by atoms with van der Waals surface area (Å²) in [5.41, 5.74) is 2.32. The van der Waals surface area contributed by atoms with Crippen molar-refractivity contribution in [3.05, 3.63) is 63.6 Å². The molecule has 0 aromatic heterocycles. The van der Waals surface area contributed by atoms with Gasteiger partial charge < -0.3 is 10.0 Å². The van der Waals surface area contributed by atoms with E-state index in [0.717, 1.165) is 11.3 Å². The number of rotatable bonds is 4. The molecule has 0 saturated carbocycles. The van der Waals surface area contributed by atoms with Crippen LogP contribution in [-0.2, 0) is 4.79 Å². The smallest absolute Gasteiger partial charge is 0.336 e. The maximum absolute atomic E-state index is 11.6. The van der Waals surface area contributed by atoms with E-state index in [1.54, 1.807) is 24.3 Å². The van der Waals surface area contributed by atoms with Crippen molar-refractivity contribution in [2.24, 2.45) is 0 Å². The molecule has 1 N–H and O–H groups in total. The fourth-order valence-corrected chi connectivity index (χ4v) is 2.39. The highest BCUT2D eigenvalue weighted by Gasteiger charge is 2.14. The molecule has 2 rings (SSSR count). The zero-order valence-electron chi connectivity index (χ0n) is 12.2. The molecule has 0 unspecified atom stereocenters. The average Bonchev–Trinajstić information content (AvgIpc) is 2.47. The lowest BCUT2D eigenvalue weighted by atomic mass is 10.0. The number of nitrogens with zero attached hydrogens (tertiary/aromatic N) is 1. The molecule has 3 nitrogen and oxygen atoms in total. The zero-order valence-corrected chi connectivity index (χ0v) is 13.7. The second-order valence-electron chi connectivity index (χ2n) is 4.97. The number of carboxylic acid groups (broad SMARTS) is 1. The number of carboxylic acids is 1. The number of hydrogen-bond donors (Lipinski definition) is 1. The maximum Gasteiger partial charge on any atom is 0.336 e. The normalized spacial score (nSPS) is 11.4. The summed E-state index contributed by atoms with van der Waals surface area (Å²) in [6.07, 6.45) is 1.58. The molecule has 2 aromatic carbocycles. The van der Waals surface area contributed by atoms with Crippen molar-refractivity contribution >= 4 is 46.5 Å². The number of benzene rings is 2. The van der Waals surface area contributed by atoms with E-state index >= 15 is 0 Å². The Hall–Kier alpha value is -1.97. The highest BCUT2D eigenvalue weighted by molar-refractivity contribution is 6.37. The summed E-state index contributed by atoms with van der Waals surface area (Å²) in [5.74, 6) is -1.05. The average molecular weight is 336 g/mol. The lowest BCUT2D eigenvalue weighted by molar-refractivity contribution is -0.130. The summed E-state index contributed by atoms with van der Waals surface area (Å²) >= 11 is 12.0. The lowest BCUT2D eigenvalue weighted by Gasteiger charge is -2.12. The van der Waals surface area contributed by atoms with Crippen LogP contribution in [0, 0.1) is 0 Å². The van der Waals surface area contributed by atoms with E-state index in [2.05, 4.69) is 0 Å². The van der Waals surface area contributed by atoms with Gasteiger partial charge in [-0.3, -0.25) is 0 Å². The first-order valence-corrected chi connectivity index (χ1v) is 7.32. The van der Waals surface area contributed by atoms with E-state index in [4.69, 9.17) is 23.2 Å². The minimum atomic E-state index is -1.05. The van der Waals surface area contributed by atoms with Gasteiger partial charge in [-0.25, -0.2) is 4.79 Å². The van der Waals surface area contributed by atoms with Crippen LogP contribution in [0.25, 0.3) is 11.6 Å². The minimum absolute atomic E-state index is 0.102. The van der Waals surface area contributed by atoms with Crippen LogP contribution >= 0.6 is 23.2 Å². The molecule has 0 heterocycles. The molecule has 0 fully saturated rings. The van der Waals surface area contributed by atoms with Crippen LogP contribution in [-0.4, -0.2) is 25.2 Å². The summed E-state index contributed by atoms with van der Waals surface area (Å²) < 4.78 is 0. The topological polar surface area (TPSA) is 40.5 Å². The van der Waals surface area contributed by atoms with Crippen LogP contribution in [0.5, 0.6) is 0 Å². The molecule has 22 heavy (non-hydrogen) atoms. The van der Waals surface area contributed by atoms with Crippen molar-refractivity contribution in [2.45, 2.75) is 0 Å². The van der Waals surface area contributed by atoms with Gasteiger partial charge in [0.1, 0.15) is 0 Å². The molecule has 5 heteroatoms. The van der Waals surface area contributed by atoms with Gasteiger partial charge in [0.05, 0.1) is 5.57 Å². The Morgan fingerprint density at radius 2 is 1.73 bits per heavy atom. The fourth-order valence-electron chi connectivity index (χ4n) is 1.99. The summed E-state index contributed by atoms with van der Waals surface area (Å²) in [6, 6.07) is 12.3. The van der Waals surface area contributed by atoms with Crippen LogP contribution in [0.1, 0.15) is 11.1 Å². The predicted octanol–water partition coefficient (Wildman–Crippen LogP) is 4.68. The molecule has 0 aliphatic heterocycles. The second kappa shape index (κ2) is 6.86. The Morgan fingerprint density at radius 1 is 1.09 bits per heavy atom. The molecule has 2 aromatic rings. The van der Waals surface area contributed by atoms with Crippen LogP contribution in [0.2, 0.25) is 10.0 Å². The molecule has 0 amide bonds. The van der Waals surface area contributed by atoms with Crippen LogP contribution in [0.4, 0.5) is 5.69 Å². The number of aliphatic carboxylic acids is 1. The largest absolute Gasteiger partial charge is 0.478 e. The molecule has 0 aliphatic carbocycles. The van der Waals surface area contributed by atoms with E-state index in [-0.39, 0.29) is 5.57 Å². The van der Waals surface area contributed by atoms with Gasteiger partial charge in [0.25, 0.3) is 0 Å². The van der Waals surface area contributed by atoms with Gasteiger partial charge >= 0.3 is 5.97 Å². The first-order valence-electron chi connectivity index (χ1n) is 6.56. The SMILES string of the molecule is CN(C)c1ccc(/C=C(\C(=O)O)c2cc(Cl)ccc2Cl)cc1. The third-order valence-corrected chi connectivity index (χ3v) is 3.73. The van der Waals surface area contributed by atoms with Gasteiger partial charge in [-0.2, -0.15) is 0 Å². The van der Waals surface area contributed by atoms with Gasteiger partial charge in [-0.05, 0) is 42.0 Å². The maximum atomic E-state index is 11.6. The highest BCUT2D eigenvalue weighted by atomic mass is 35.5. The Kier molecular flexibility index (Phi) is 5.11. The Labute approximate surface area is 139 Å². The van der Waals surface area contributed by atoms with Crippen molar-refractivity contribution in [3.63, 3.8) is 0 Å². The minimum Gasteiger partial charge on any atom is -0.478 e. The monoisotopic (exact) mass is 335 g/mol. The third-order valence-electron chi connectivity index (χ3n) is 3.17. The van der Waals surface area contributed by atoms with Crippen LogP contribution < -0.4 is 4.90 Å². The van der Waals surface area contributed by atoms with Crippen molar-refractivity contribution in [1.29, 1.82) is 0 Å². The molecule has 0 saturated heterocycles. The Balaban J connectivity index is 2.47. The fraction of sp³-hybridized carbons (Fsp3) is 0.118. The van der Waals surface area contributed by atoms with Gasteiger partial charge in [-0.1, -0.05) is 35.3 Å². The van der Waals surface area contributed by atoms with E-state index in [0.29, 0.717) is 15.6 Å². The first-order chi connectivity index (χ1) is 10.4. The molecule has 0 radical (unpaired) electrons. The van der Waals surface area contributed by atoms with E-state index in [9.17, 15) is 9.90 Å². The highest BCUT2D eigenvalue weighted by Crippen LogP contribution is 2.29. The summed E-state index contributed by atoms with van der Waals surface area (Å²) in [7, 11) is 3.89. The molecular formula is C17H15Cl2NO2. The van der Waals surface area contributed by atoms with Gasteiger partial charge in [0, 0.05) is 35.4 Å². The standard InChI is InChI=1S/C17H15Cl2NO2/c1-20(2)13-6-3-11(4-7-13)9-15(17(21)22)14-10-12(18)5-8-16(14)19/h3-10H,1-2H3,(H,21,22)/b15-9-. The van der Waals surface area contributed by atoms with Crippen molar-refractivity contribution < 1.29 is 9.90 Å². The van der Waals surface area contributed by atoms with Crippen LogP contribution in [0.3, 0.4) is 0 Å². The number of hydrogen-bond acceptors (Lipinski definition) is 2. The van der Waals surface area contributed by atoms with Gasteiger partial charge in [-0.15, -0.1) is 0 Å². The summed E-state index contributed by atoms with van der Waals surface area (Å²) in [4.78, 5) is 13.5. The van der Waals surface area contributed by atoms with E-state index < -0.39 is 5.97 Å². The van der Waals surface area contributed by atoms with Crippen LogP contribution in [0.15, 0.2) is 42.5 Å². The molecule has 0 atom stereocenters. The van der Waals surface area contributed by atoms with Crippen molar-refractivity contribution in [2.75, 3.05) is 19.0 Å². The summed E-state index contributed by atoms with van der Waals surface area (Å²) in [5, 5.41) is 10.3. The quantitative estimate of drug-likeness (QED) is 0.651. The van der Waals surface area contributed by atoms with E-state index in [1.165, 1.54) is 0 Å². The number of anilines is 1. The predicted molar refractivity (Wildman–Crippen MR) is 92.7 cm³/mol. The Bertz CT molecular complexity index is 722. The molecule has 0 aliphatic rings. The van der Waals surface area contributed by atoms with Gasteiger partial charge in [0.2, 0.25) is 0 Å². The summed E-state index contributed by atoms with van der Waals surface area (Å²) in [6.45, 7) is 0.